The highest BCUT2D eigenvalue weighted by molar-refractivity contribution is 5.69. The van der Waals surface area contributed by atoms with Gasteiger partial charge in [0.15, 0.2) is 11.5 Å². The van der Waals surface area contributed by atoms with Crippen molar-refractivity contribution >= 4 is 11.3 Å². The van der Waals surface area contributed by atoms with E-state index in [9.17, 15) is 18.3 Å². The molecule has 0 bridgehead atoms. The van der Waals surface area contributed by atoms with E-state index in [2.05, 4.69) is 15.4 Å². The Bertz CT molecular complexity index is 628. The molecule has 0 aromatic carbocycles. The van der Waals surface area contributed by atoms with Gasteiger partial charge in [0.2, 0.25) is 0 Å². The smallest absolute Gasteiger partial charge is 0.394 e. The fourth-order valence-electron chi connectivity index (χ4n) is 2.33. The standard InChI is InChI=1S/C12H13F3N4O/c13-12(14,15)9-6-8-10(16-4-5-19(8)18-9)17-11(7-20)2-1-3-11/h4-6,20H,1-3,7H2,(H,16,17). The van der Waals surface area contributed by atoms with Gasteiger partial charge in [0.05, 0.1) is 12.1 Å². The fraction of sp³-hybridized carbons (Fsp3) is 0.500. The van der Waals surface area contributed by atoms with Crippen molar-refractivity contribution in [2.45, 2.75) is 31.0 Å². The van der Waals surface area contributed by atoms with E-state index in [0.29, 0.717) is 5.82 Å². The highest BCUT2D eigenvalue weighted by atomic mass is 19.4. The average Bonchev–Trinajstić information content (AvgIpc) is 2.78. The Morgan fingerprint density at radius 2 is 2.15 bits per heavy atom. The summed E-state index contributed by atoms with van der Waals surface area (Å²) in [5.41, 5.74) is -1.18. The van der Waals surface area contributed by atoms with E-state index in [1.165, 1.54) is 12.4 Å². The Kier molecular flexibility index (Phi) is 2.86. The normalized spacial score (nSPS) is 18.0. The Morgan fingerprint density at radius 3 is 2.70 bits per heavy atom. The van der Waals surface area contributed by atoms with Gasteiger partial charge in [-0.25, -0.2) is 9.50 Å². The number of aliphatic hydroxyl groups excluding tert-OH is 1. The molecule has 1 fully saturated rings. The first kappa shape index (κ1) is 13.2. The van der Waals surface area contributed by atoms with Crippen LogP contribution in [-0.2, 0) is 6.18 Å². The number of aliphatic hydroxyl groups is 1. The molecule has 20 heavy (non-hydrogen) atoms. The highest BCUT2D eigenvalue weighted by Crippen LogP contribution is 2.36. The zero-order chi connectivity index (χ0) is 14.4. The lowest BCUT2D eigenvalue weighted by Crippen LogP contribution is -2.48. The van der Waals surface area contributed by atoms with Crippen molar-refractivity contribution in [1.82, 2.24) is 14.6 Å². The maximum absolute atomic E-state index is 12.7. The van der Waals surface area contributed by atoms with Gasteiger partial charge in [0.1, 0.15) is 5.52 Å². The molecule has 2 aromatic heterocycles. The van der Waals surface area contributed by atoms with Crippen LogP contribution >= 0.6 is 0 Å². The van der Waals surface area contributed by atoms with E-state index in [1.807, 2.05) is 0 Å². The van der Waals surface area contributed by atoms with E-state index in [1.54, 1.807) is 0 Å². The molecule has 8 heteroatoms. The first-order valence-corrected chi connectivity index (χ1v) is 6.24. The van der Waals surface area contributed by atoms with E-state index >= 15 is 0 Å². The van der Waals surface area contributed by atoms with E-state index in [4.69, 9.17) is 0 Å². The number of fused-ring (bicyclic) bond motifs is 1. The number of alkyl halides is 3. The van der Waals surface area contributed by atoms with Crippen LogP contribution in [0.3, 0.4) is 0 Å². The van der Waals surface area contributed by atoms with Crippen molar-refractivity contribution in [2.75, 3.05) is 11.9 Å². The number of nitrogens with zero attached hydrogens (tertiary/aromatic N) is 3. The molecule has 0 spiro atoms. The molecule has 0 unspecified atom stereocenters. The minimum atomic E-state index is -4.49. The third-order valence-corrected chi connectivity index (χ3v) is 3.68. The molecule has 0 saturated heterocycles. The second kappa shape index (κ2) is 4.34. The number of halogens is 3. The lowest BCUT2D eigenvalue weighted by molar-refractivity contribution is -0.141. The van der Waals surface area contributed by atoms with Gasteiger partial charge in [-0.05, 0) is 19.3 Å². The molecule has 2 N–H and O–H groups in total. The summed E-state index contributed by atoms with van der Waals surface area (Å²) in [6.45, 7) is -0.0734. The molecule has 1 aliphatic rings. The van der Waals surface area contributed by atoms with E-state index < -0.39 is 17.4 Å². The molecule has 1 saturated carbocycles. The van der Waals surface area contributed by atoms with E-state index in [-0.39, 0.29) is 12.1 Å². The minimum absolute atomic E-state index is 0.0734. The van der Waals surface area contributed by atoms with Crippen LogP contribution in [0.1, 0.15) is 25.0 Å². The topological polar surface area (TPSA) is 62.5 Å². The quantitative estimate of drug-likeness (QED) is 0.906. The Morgan fingerprint density at radius 1 is 1.40 bits per heavy atom. The van der Waals surface area contributed by atoms with Crippen LogP contribution in [0.2, 0.25) is 0 Å². The Labute approximate surface area is 112 Å². The van der Waals surface area contributed by atoms with Crippen LogP contribution in [0.15, 0.2) is 18.5 Å². The number of rotatable bonds is 3. The number of aromatic nitrogens is 3. The zero-order valence-corrected chi connectivity index (χ0v) is 10.5. The van der Waals surface area contributed by atoms with Crippen molar-refractivity contribution in [2.24, 2.45) is 0 Å². The fourth-order valence-corrected chi connectivity index (χ4v) is 2.33. The largest absolute Gasteiger partial charge is 0.435 e. The maximum atomic E-state index is 12.7. The molecule has 0 aliphatic heterocycles. The molecule has 2 heterocycles. The number of hydrogen-bond donors (Lipinski definition) is 2. The SMILES string of the molecule is OCC1(Nc2nccn3nc(C(F)(F)F)cc23)CCC1. The molecule has 5 nitrogen and oxygen atoms in total. The molecular weight excluding hydrogens is 273 g/mol. The summed E-state index contributed by atoms with van der Waals surface area (Å²) in [4.78, 5) is 4.07. The molecule has 0 atom stereocenters. The van der Waals surface area contributed by atoms with Gasteiger partial charge in [0, 0.05) is 18.5 Å². The summed E-state index contributed by atoms with van der Waals surface area (Å²) in [6.07, 6.45) is 0.769. The summed E-state index contributed by atoms with van der Waals surface area (Å²) in [7, 11) is 0. The second-order valence-electron chi connectivity index (χ2n) is 5.05. The second-order valence-corrected chi connectivity index (χ2v) is 5.05. The van der Waals surface area contributed by atoms with Gasteiger partial charge < -0.3 is 10.4 Å². The van der Waals surface area contributed by atoms with Crippen LogP contribution in [-0.4, -0.2) is 31.9 Å². The predicted molar refractivity (Wildman–Crippen MR) is 65.3 cm³/mol. The van der Waals surface area contributed by atoms with Crippen LogP contribution < -0.4 is 5.32 Å². The van der Waals surface area contributed by atoms with Gasteiger partial charge in [-0.3, -0.25) is 0 Å². The van der Waals surface area contributed by atoms with Crippen LogP contribution in [0, 0.1) is 0 Å². The summed E-state index contributed by atoms with van der Waals surface area (Å²) >= 11 is 0. The van der Waals surface area contributed by atoms with Gasteiger partial charge >= 0.3 is 6.18 Å². The number of nitrogens with one attached hydrogen (secondary N) is 1. The van der Waals surface area contributed by atoms with Crippen molar-refractivity contribution in [1.29, 1.82) is 0 Å². The minimum Gasteiger partial charge on any atom is -0.394 e. The van der Waals surface area contributed by atoms with Crippen molar-refractivity contribution in [3.05, 3.63) is 24.2 Å². The van der Waals surface area contributed by atoms with Crippen molar-refractivity contribution < 1.29 is 18.3 Å². The molecule has 1 aliphatic carbocycles. The first-order valence-electron chi connectivity index (χ1n) is 6.24. The van der Waals surface area contributed by atoms with Gasteiger partial charge in [0.25, 0.3) is 0 Å². The monoisotopic (exact) mass is 286 g/mol. The summed E-state index contributed by atoms with van der Waals surface area (Å²) < 4.78 is 39.2. The average molecular weight is 286 g/mol. The molecule has 2 aromatic rings. The van der Waals surface area contributed by atoms with Gasteiger partial charge in [-0.1, -0.05) is 0 Å². The number of anilines is 1. The third kappa shape index (κ3) is 2.09. The molecule has 108 valence electrons. The Hall–Kier alpha value is -1.83. The van der Waals surface area contributed by atoms with Crippen LogP contribution in [0.4, 0.5) is 19.0 Å². The molecule has 0 amide bonds. The zero-order valence-electron chi connectivity index (χ0n) is 10.5. The highest BCUT2D eigenvalue weighted by Gasteiger charge is 2.38. The lowest BCUT2D eigenvalue weighted by atomic mass is 9.77. The first-order chi connectivity index (χ1) is 9.43. The van der Waals surface area contributed by atoms with Gasteiger partial charge in [-0.2, -0.15) is 18.3 Å². The summed E-state index contributed by atoms with van der Waals surface area (Å²) in [5, 5.41) is 16.0. The van der Waals surface area contributed by atoms with Crippen molar-refractivity contribution in [3.63, 3.8) is 0 Å². The van der Waals surface area contributed by atoms with Gasteiger partial charge in [-0.15, -0.1) is 0 Å². The van der Waals surface area contributed by atoms with Crippen LogP contribution in [0.5, 0.6) is 0 Å². The maximum Gasteiger partial charge on any atom is 0.435 e. The lowest BCUT2D eigenvalue weighted by Gasteiger charge is -2.41. The van der Waals surface area contributed by atoms with Crippen molar-refractivity contribution in [3.8, 4) is 0 Å². The molecule has 0 radical (unpaired) electrons. The summed E-state index contributed by atoms with van der Waals surface area (Å²) in [5.74, 6) is 0.309. The summed E-state index contributed by atoms with van der Waals surface area (Å²) in [6, 6.07) is 0.957. The predicted octanol–water partition coefficient (Wildman–Crippen LogP) is 2.07. The molecule has 3 rings (SSSR count). The Balaban J connectivity index is 2.01. The number of hydrogen-bond acceptors (Lipinski definition) is 4. The molecular formula is C12H13F3N4O. The van der Waals surface area contributed by atoms with Crippen LogP contribution in [0.25, 0.3) is 5.52 Å². The third-order valence-electron chi connectivity index (χ3n) is 3.68. The van der Waals surface area contributed by atoms with E-state index in [0.717, 1.165) is 29.8 Å².